The van der Waals surface area contributed by atoms with Crippen LogP contribution in [0.15, 0.2) is 10.6 Å². The van der Waals surface area contributed by atoms with E-state index in [1.807, 2.05) is 0 Å². The lowest BCUT2D eigenvalue weighted by Gasteiger charge is -1.94. The van der Waals surface area contributed by atoms with Crippen LogP contribution >= 0.6 is 0 Å². The zero-order valence-electron chi connectivity index (χ0n) is 7.98. The van der Waals surface area contributed by atoms with Crippen molar-refractivity contribution in [2.75, 3.05) is 12.9 Å². The van der Waals surface area contributed by atoms with Crippen LogP contribution < -0.4 is 0 Å². The molecular weight excluding hydrogens is 206 g/mol. The Hall–Kier alpha value is -1.17. The maximum Gasteiger partial charge on any atom is 0.360 e. The predicted molar refractivity (Wildman–Crippen MR) is 50.2 cm³/mol. The van der Waals surface area contributed by atoms with Gasteiger partial charge in [0.15, 0.2) is 5.69 Å². The highest BCUT2D eigenvalue weighted by Gasteiger charge is 2.13. The first kappa shape index (κ1) is 10.9. The van der Waals surface area contributed by atoms with E-state index in [0.29, 0.717) is 12.4 Å². The molecule has 1 heterocycles. The lowest BCUT2D eigenvalue weighted by Crippen LogP contribution is -2.04. The minimum absolute atomic E-state index is 0.118. The van der Waals surface area contributed by atoms with Crippen LogP contribution in [0.3, 0.4) is 0 Å². The molecule has 0 aliphatic rings. The minimum atomic E-state index is -1.01. The lowest BCUT2D eigenvalue weighted by molar-refractivity contribution is 0.0514. The van der Waals surface area contributed by atoms with Crippen LogP contribution in [0.1, 0.15) is 23.2 Å². The van der Waals surface area contributed by atoms with E-state index in [0.717, 1.165) is 0 Å². The molecule has 0 aliphatic heterocycles. The summed E-state index contributed by atoms with van der Waals surface area (Å²) in [6.45, 7) is 2.00. The van der Waals surface area contributed by atoms with Gasteiger partial charge >= 0.3 is 5.97 Å². The van der Waals surface area contributed by atoms with E-state index in [9.17, 15) is 9.00 Å². The standard InChI is InChI=1S/C8H11NO4S/c1-3-12-8(10)7-4-6(13-9-7)5-14(2)11/h4H,3,5H2,1-2H3. The van der Waals surface area contributed by atoms with Gasteiger partial charge in [0.05, 0.1) is 12.4 Å². The summed E-state index contributed by atoms with van der Waals surface area (Å²) in [4.78, 5) is 11.1. The third-order valence-corrected chi connectivity index (χ3v) is 2.08. The van der Waals surface area contributed by atoms with Crippen molar-refractivity contribution in [1.29, 1.82) is 0 Å². The lowest BCUT2D eigenvalue weighted by atomic mass is 10.4. The van der Waals surface area contributed by atoms with Gasteiger partial charge in [0.1, 0.15) is 5.76 Å². The monoisotopic (exact) mass is 217 g/mol. The van der Waals surface area contributed by atoms with Crippen molar-refractivity contribution in [2.24, 2.45) is 0 Å². The second-order valence-corrected chi connectivity index (χ2v) is 4.05. The van der Waals surface area contributed by atoms with E-state index >= 15 is 0 Å². The van der Waals surface area contributed by atoms with Crippen LogP contribution in [0.4, 0.5) is 0 Å². The van der Waals surface area contributed by atoms with E-state index in [2.05, 4.69) is 5.16 Å². The summed E-state index contributed by atoms with van der Waals surface area (Å²) in [6.07, 6.45) is 1.55. The van der Waals surface area contributed by atoms with Crippen molar-refractivity contribution in [3.05, 3.63) is 17.5 Å². The van der Waals surface area contributed by atoms with Crippen molar-refractivity contribution in [3.63, 3.8) is 0 Å². The SMILES string of the molecule is CCOC(=O)c1cc(CS(C)=O)on1. The maximum atomic E-state index is 11.1. The quantitative estimate of drug-likeness (QED) is 0.695. The van der Waals surface area contributed by atoms with Gasteiger partial charge in [-0.05, 0) is 6.92 Å². The number of nitrogens with zero attached hydrogens (tertiary/aromatic N) is 1. The maximum absolute atomic E-state index is 11.1. The molecule has 0 fully saturated rings. The molecule has 0 radical (unpaired) electrons. The molecule has 0 aromatic carbocycles. The molecule has 14 heavy (non-hydrogen) atoms. The van der Waals surface area contributed by atoms with E-state index in [-0.39, 0.29) is 11.4 Å². The summed E-state index contributed by atoms with van der Waals surface area (Å²) >= 11 is 0. The smallest absolute Gasteiger partial charge is 0.360 e. The molecule has 0 bridgehead atoms. The summed E-state index contributed by atoms with van der Waals surface area (Å²) in [5.41, 5.74) is 0.118. The molecule has 0 N–H and O–H groups in total. The highest BCUT2D eigenvalue weighted by atomic mass is 32.2. The summed E-state index contributed by atoms with van der Waals surface area (Å²) < 4.78 is 20.3. The number of hydrogen-bond acceptors (Lipinski definition) is 5. The number of aromatic nitrogens is 1. The van der Waals surface area contributed by atoms with E-state index in [1.54, 1.807) is 13.2 Å². The first-order chi connectivity index (χ1) is 6.63. The zero-order chi connectivity index (χ0) is 10.6. The average molecular weight is 217 g/mol. The molecule has 1 atom stereocenters. The Morgan fingerprint density at radius 1 is 1.71 bits per heavy atom. The molecule has 0 aliphatic carbocycles. The van der Waals surface area contributed by atoms with Crippen molar-refractivity contribution in [1.82, 2.24) is 5.16 Å². The van der Waals surface area contributed by atoms with E-state index in [4.69, 9.17) is 9.26 Å². The summed E-state index contributed by atoms with van der Waals surface area (Å²) in [6, 6.07) is 1.44. The molecule has 1 rings (SSSR count). The highest BCUT2D eigenvalue weighted by molar-refractivity contribution is 7.83. The fraction of sp³-hybridized carbons (Fsp3) is 0.500. The van der Waals surface area contributed by atoms with Crippen LogP contribution in [0.25, 0.3) is 0 Å². The third-order valence-electron chi connectivity index (χ3n) is 1.39. The van der Waals surface area contributed by atoms with Gasteiger partial charge in [-0.1, -0.05) is 5.16 Å². The van der Waals surface area contributed by atoms with Crippen molar-refractivity contribution in [2.45, 2.75) is 12.7 Å². The fourth-order valence-corrected chi connectivity index (χ4v) is 1.42. The molecule has 0 spiro atoms. The van der Waals surface area contributed by atoms with Gasteiger partial charge in [-0.2, -0.15) is 0 Å². The Kier molecular flexibility index (Phi) is 3.82. The van der Waals surface area contributed by atoms with Gasteiger partial charge in [-0.3, -0.25) is 4.21 Å². The predicted octanol–water partition coefficient (Wildman–Crippen LogP) is 0.730. The van der Waals surface area contributed by atoms with Crippen LogP contribution in [0, 0.1) is 0 Å². The second kappa shape index (κ2) is 4.90. The van der Waals surface area contributed by atoms with Gasteiger partial charge in [-0.15, -0.1) is 0 Å². The Morgan fingerprint density at radius 2 is 2.43 bits per heavy atom. The molecule has 6 heteroatoms. The Bertz CT molecular complexity index is 347. The second-order valence-electron chi connectivity index (χ2n) is 2.62. The summed E-state index contributed by atoms with van der Waals surface area (Å²) in [5.74, 6) is 0.158. The number of hydrogen-bond donors (Lipinski definition) is 0. The number of carbonyl (C=O) groups excluding carboxylic acids is 1. The van der Waals surface area contributed by atoms with Gasteiger partial charge in [0.25, 0.3) is 0 Å². The normalized spacial score (nSPS) is 12.4. The van der Waals surface area contributed by atoms with Gasteiger partial charge < -0.3 is 9.26 Å². The Morgan fingerprint density at radius 3 is 3.00 bits per heavy atom. The molecule has 0 amide bonds. The number of esters is 1. The number of ether oxygens (including phenoxy) is 1. The molecule has 1 aromatic heterocycles. The molecule has 0 saturated heterocycles. The summed E-state index contributed by atoms with van der Waals surface area (Å²) in [7, 11) is -1.01. The van der Waals surface area contributed by atoms with Crippen LogP contribution in [-0.2, 0) is 21.3 Å². The molecule has 5 nitrogen and oxygen atoms in total. The molecule has 78 valence electrons. The topological polar surface area (TPSA) is 69.4 Å². The van der Waals surface area contributed by atoms with E-state index in [1.165, 1.54) is 6.07 Å². The van der Waals surface area contributed by atoms with Gasteiger partial charge in [-0.25, -0.2) is 4.79 Å². The third kappa shape index (κ3) is 2.95. The van der Waals surface area contributed by atoms with Crippen molar-refractivity contribution >= 4 is 16.8 Å². The fourth-order valence-electron chi connectivity index (χ4n) is 0.883. The first-order valence-electron chi connectivity index (χ1n) is 4.06. The molecular formula is C8H11NO4S. The zero-order valence-corrected chi connectivity index (χ0v) is 8.80. The Balaban J connectivity index is 2.67. The average Bonchev–Trinajstić information content (AvgIpc) is 2.52. The van der Waals surface area contributed by atoms with Crippen LogP contribution in [0.2, 0.25) is 0 Å². The largest absolute Gasteiger partial charge is 0.461 e. The van der Waals surface area contributed by atoms with Gasteiger partial charge in [0, 0.05) is 23.1 Å². The van der Waals surface area contributed by atoms with Gasteiger partial charge in [0.2, 0.25) is 0 Å². The summed E-state index contributed by atoms with van der Waals surface area (Å²) in [5, 5.41) is 3.50. The first-order valence-corrected chi connectivity index (χ1v) is 5.79. The van der Waals surface area contributed by atoms with Crippen LogP contribution in [-0.4, -0.2) is 28.2 Å². The van der Waals surface area contributed by atoms with E-state index < -0.39 is 16.8 Å². The molecule has 0 saturated carbocycles. The van der Waals surface area contributed by atoms with Crippen LogP contribution in [0.5, 0.6) is 0 Å². The highest BCUT2D eigenvalue weighted by Crippen LogP contribution is 2.06. The van der Waals surface area contributed by atoms with Crippen molar-refractivity contribution in [3.8, 4) is 0 Å². The molecule has 1 unspecified atom stereocenters. The van der Waals surface area contributed by atoms with Crippen molar-refractivity contribution < 1.29 is 18.3 Å². The minimum Gasteiger partial charge on any atom is -0.461 e. The number of carbonyl (C=O) groups is 1. The Labute approximate surface area is 83.9 Å². The molecule has 1 aromatic rings. The number of rotatable bonds is 4.